The minimum atomic E-state index is -3.22. The van der Waals surface area contributed by atoms with Crippen LogP contribution in [0.4, 0.5) is 0 Å². The third-order valence-corrected chi connectivity index (χ3v) is 6.10. The van der Waals surface area contributed by atoms with Crippen molar-refractivity contribution in [1.29, 1.82) is 0 Å². The molecule has 0 unspecified atom stereocenters. The van der Waals surface area contributed by atoms with E-state index in [0.717, 1.165) is 12.2 Å². The smallest absolute Gasteiger partial charge is 0.257 e. The van der Waals surface area contributed by atoms with Crippen molar-refractivity contribution in [1.82, 2.24) is 9.21 Å². The number of aryl methyl sites for hydroxylation is 2. The molecule has 0 spiro atoms. The molecule has 8 heteroatoms. The fraction of sp³-hybridized carbons (Fsp3) is 0.688. The largest absolute Gasteiger partial charge is 0.466 e. The maximum Gasteiger partial charge on any atom is 0.257 e. The summed E-state index contributed by atoms with van der Waals surface area (Å²) in [7, 11) is -3.22. The lowest BCUT2D eigenvalue weighted by Gasteiger charge is -2.37. The summed E-state index contributed by atoms with van der Waals surface area (Å²) in [4.78, 5) is 14.5. The number of rotatable bonds is 2. The van der Waals surface area contributed by atoms with Crippen molar-refractivity contribution in [3.05, 3.63) is 23.2 Å². The predicted octanol–water partition coefficient (Wildman–Crippen LogP) is 1.02. The molecule has 0 saturated carbocycles. The SMILES string of the molecule is Cc1cc(C(=O)N2CC[C@@H]3CN(S(C)(=O)=O)CCO[C@@H]3C2)c(C)o1. The number of fused-ring (bicyclic) bond motifs is 1. The first-order chi connectivity index (χ1) is 11.3. The van der Waals surface area contributed by atoms with E-state index in [1.165, 1.54) is 10.6 Å². The van der Waals surface area contributed by atoms with Gasteiger partial charge in [0.1, 0.15) is 11.5 Å². The molecule has 2 fully saturated rings. The van der Waals surface area contributed by atoms with Crippen LogP contribution in [0, 0.1) is 19.8 Å². The van der Waals surface area contributed by atoms with Crippen molar-refractivity contribution in [3.8, 4) is 0 Å². The molecule has 1 aromatic rings. The number of carbonyl (C=O) groups is 1. The van der Waals surface area contributed by atoms with Crippen LogP contribution < -0.4 is 0 Å². The summed E-state index contributed by atoms with van der Waals surface area (Å²) in [5.41, 5.74) is 0.595. The van der Waals surface area contributed by atoms with Crippen LogP contribution in [0.15, 0.2) is 10.5 Å². The van der Waals surface area contributed by atoms with Gasteiger partial charge in [0.25, 0.3) is 5.91 Å². The van der Waals surface area contributed by atoms with Gasteiger partial charge < -0.3 is 14.1 Å². The summed E-state index contributed by atoms with van der Waals surface area (Å²) in [5, 5.41) is 0. The molecular weight excluding hydrogens is 332 g/mol. The molecule has 0 bridgehead atoms. The summed E-state index contributed by atoms with van der Waals surface area (Å²) in [6.07, 6.45) is 1.84. The molecule has 1 amide bonds. The highest BCUT2D eigenvalue weighted by Gasteiger charge is 2.37. The number of ether oxygens (including phenoxy) is 1. The number of hydrogen-bond acceptors (Lipinski definition) is 5. The molecule has 2 aliphatic heterocycles. The van der Waals surface area contributed by atoms with Gasteiger partial charge in [0.05, 0.1) is 24.5 Å². The van der Waals surface area contributed by atoms with E-state index < -0.39 is 10.0 Å². The number of piperidine rings is 1. The second kappa shape index (κ2) is 6.50. The van der Waals surface area contributed by atoms with Crippen LogP contribution in [0.3, 0.4) is 0 Å². The van der Waals surface area contributed by atoms with Crippen molar-refractivity contribution < 1.29 is 22.4 Å². The Labute approximate surface area is 142 Å². The molecule has 0 N–H and O–H groups in total. The van der Waals surface area contributed by atoms with Gasteiger partial charge in [-0.3, -0.25) is 4.79 Å². The third-order valence-electron chi connectivity index (χ3n) is 4.83. The van der Waals surface area contributed by atoms with Gasteiger partial charge in [-0.05, 0) is 26.3 Å². The van der Waals surface area contributed by atoms with Gasteiger partial charge in [0.15, 0.2) is 0 Å². The molecule has 3 heterocycles. The zero-order valence-electron chi connectivity index (χ0n) is 14.3. The van der Waals surface area contributed by atoms with Crippen molar-refractivity contribution in [2.24, 2.45) is 5.92 Å². The number of nitrogens with zero attached hydrogens (tertiary/aromatic N) is 2. The minimum Gasteiger partial charge on any atom is -0.466 e. The lowest BCUT2D eigenvalue weighted by atomic mass is 9.93. The van der Waals surface area contributed by atoms with Crippen molar-refractivity contribution >= 4 is 15.9 Å². The summed E-state index contributed by atoms with van der Waals surface area (Å²) in [5.74, 6) is 1.43. The monoisotopic (exact) mass is 356 g/mol. The number of hydrogen-bond donors (Lipinski definition) is 0. The van der Waals surface area contributed by atoms with E-state index in [2.05, 4.69) is 0 Å². The van der Waals surface area contributed by atoms with E-state index in [9.17, 15) is 13.2 Å². The van der Waals surface area contributed by atoms with Gasteiger partial charge >= 0.3 is 0 Å². The fourth-order valence-corrected chi connectivity index (χ4v) is 4.39. The molecule has 1 aromatic heterocycles. The Morgan fingerprint density at radius 2 is 2.00 bits per heavy atom. The van der Waals surface area contributed by atoms with Gasteiger partial charge in [-0.15, -0.1) is 0 Å². The van der Waals surface area contributed by atoms with E-state index in [-0.39, 0.29) is 17.9 Å². The second-order valence-corrected chi connectivity index (χ2v) is 8.64. The quantitative estimate of drug-likeness (QED) is 0.790. The number of sulfonamides is 1. The standard InChI is InChI=1S/C16H24N2O5S/c1-11-8-14(12(2)23-11)16(19)17-5-4-13-9-18(24(3,20)21)6-7-22-15(13)10-17/h8,13,15H,4-7,9-10H2,1-3H3/t13-,15-/m1/s1. The van der Waals surface area contributed by atoms with Crippen LogP contribution in [0.2, 0.25) is 0 Å². The molecule has 2 atom stereocenters. The number of amides is 1. The normalized spacial score (nSPS) is 26.0. The molecule has 0 radical (unpaired) electrons. The Morgan fingerprint density at radius 3 is 2.62 bits per heavy atom. The van der Waals surface area contributed by atoms with Gasteiger partial charge in [0, 0.05) is 32.1 Å². The van der Waals surface area contributed by atoms with E-state index in [4.69, 9.17) is 9.15 Å². The van der Waals surface area contributed by atoms with Crippen LogP contribution in [-0.2, 0) is 14.8 Å². The molecule has 24 heavy (non-hydrogen) atoms. The predicted molar refractivity (Wildman–Crippen MR) is 88.3 cm³/mol. The Balaban J connectivity index is 1.71. The van der Waals surface area contributed by atoms with E-state index in [1.807, 2.05) is 6.92 Å². The molecule has 7 nitrogen and oxygen atoms in total. The zero-order valence-corrected chi connectivity index (χ0v) is 15.1. The van der Waals surface area contributed by atoms with Crippen LogP contribution in [-0.4, -0.2) is 68.7 Å². The van der Waals surface area contributed by atoms with Crippen molar-refractivity contribution in [2.75, 3.05) is 39.0 Å². The van der Waals surface area contributed by atoms with Crippen LogP contribution in [0.5, 0.6) is 0 Å². The third kappa shape index (κ3) is 3.50. The average Bonchev–Trinajstić information content (AvgIpc) is 2.72. The van der Waals surface area contributed by atoms with Crippen LogP contribution in [0.25, 0.3) is 0 Å². The molecule has 2 saturated heterocycles. The number of carbonyl (C=O) groups excluding carboxylic acids is 1. The Bertz CT molecular complexity index is 727. The minimum absolute atomic E-state index is 0.0457. The summed E-state index contributed by atoms with van der Waals surface area (Å²) in [6, 6.07) is 1.77. The van der Waals surface area contributed by atoms with E-state index in [0.29, 0.717) is 44.1 Å². The number of furan rings is 1. The summed E-state index contributed by atoms with van der Waals surface area (Å²) in [6.45, 7) is 5.91. The molecule has 0 aliphatic carbocycles. The molecule has 2 aliphatic rings. The molecular formula is C16H24N2O5S. The fourth-order valence-electron chi connectivity index (χ4n) is 3.52. The summed E-state index contributed by atoms with van der Waals surface area (Å²) < 4.78 is 36.4. The van der Waals surface area contributed by atoms with Crippen LogP contribution >= 0.6 is 0 Å². The highest BCUT2D eigenvalue weighted by molar-refractivity contribution is 7.88. The first-order valence-electron chi connectivity index (χ1n) is 8.18. The maximum atomic E-state index is 12.7. The van der Waals surface area contributed by atoms with Gasteiger partial charge in [-0.25, -0.2) is 8.42 Å². The molecule has 134 valence electrons. The average molecular weight is 356 g/mol. The first-order valence-corrected chi connectivity index (χ1v) is 10.0. The Hall–Kier alpha value is -1.38. The highest BCUT2D eigenvalue weighted by atomic mass is 32.2. The Morgan fingerprint density at radius 1 is 1.25 bits per heavy atom. The number of likely N-dealkylation sites (tertiary alicyclic amines) is 1. The Kier molecular flexibility index (Phi) is 4.72. The van der Waals surface area contributed by atoms with Gasteiger partial charge in [-0.2, -0.15) is 4.31 Å². The van der Waals surface area contributed by atoms with Gasteiger partial charge in [-0.1, -0.05) is 0 Å². The van der Waals surface area contributed by atoms with Crippen molar-refractivity contribution in [2.45, 2.75) is 26.4 Å². The van der Waals surface area contributed by atoms with Crippen molar-refractivity contribution in [3.63, 3.8) is 0 Å². The zero-order chi connectivity index (χ0) is 17.5. The molecule has 0 aromatic carbocycles. The first kappa shape index (κ1) is 17.4. The van der Waals surface area contributed by atoms with E-state index >= 15 is 0 Å². The van der Waals surface area contributed by atoms with Crippen LogP contribution in [0.1, 0.15) is 28.3 Å². The summed E-state index contributed by atoms with van der Waals surface area (Å²) >= 11 is 0. The highest BCUT2D eigenvalue weighted by Crippen LogP contribution is 2.27. The lowest BCUT2D eigenvalue weighted by Crippen LogP contribution is -2.49. The van der Waals surface area contributed by atoms with E-state index in [1.54, 1.807) is 17.9 Å². The van der Waals surface area contributed by atoms with Gasteiger partial charge in [0.2, 0.25) is 10.0 Å². The topological polar surface area (TPSA) is 80.1 Å². The molecule has 3 rings (SSSR count). The maximum absolute atomic E-state index is 12.7. The second-order valence-electron chi connectivity index (χ2n) is 6.66. The lowest BCUT2D eigenvalue weighted by molar-refractivity contribution is -0.0170.